The molecule has 1 aromatic rings. The molecular weight excluding hydrogens is 240 g/mol. The van der Waals surface area contributed by atoms with E-state index in [1.165, 1.54) is 23.2 Å². The monoisotopic (exact) mass is 260 g/mol. The zero-order valence-electron chi connectivity index (χ0n) is 11.8. The molecule has 0 saturated heterocycles. The Balaban J connectivity index is 1.76. The lowest BCUT2D eigenvalue weighted by atomic mass is 10.1. The van der Waals surface area contributed by atoms with Crippen LogP contribution < -0.4 is 0 Å². The molecule has 19 heavy (non-hydrogen) atoms. The highest BCUT2D eigenvalue weighted by molar-refractivity contribution is 5.69. The third-order valence-corrected chi connectivity index (χ3v) is 3.57. The number of fused-ring (bicyclic) bond motifs is 2. The lowest BCUT2D eigenvalue weighted by Crippen LogP contribution is -2.33. The Morgan fingerprint density at radius 2 is 2.00 bits per heavy atom. The van der Waals surface area contributed by atoms with Crippen LogP contribution >= 0.6 is 0 Å². The van der Waals surface area contributed by atoms with Gasteiger partial charge in [0.15, 0.2) is 0 Å². The molecule has 102 valence electrons. The molecule has 0 bridgehead atoms. The maximum atomic E-state index is 12.1. The first kappa shape index (κ1) is 12.5. The number of amides is 1. The zero-order valence-corrected chi connectivity index (χ0v) is 11.8. The Morgan fingerprint density at radius 3 is 2.74 bits per heavy atom. The SMILES string of the molecule is CC(C)(C)OC(=O)N1Cc2cc3c(nc2C1)CCC3. The molecule has 2 heterocycles. The molecule has 0 spiro atoms. The maximum absolute atomic E-state index is 12.1. The summed E-state index contributed by atoms with van der Waals surface area (Å²) in [4.78, 5) is 18.5. The van der Waals surface area contributed by atoms with Gasteiger partial charge in [-0.3, -0.25) is 9.88 Å². The van der Waals surface area contributed by atoms with Crippen molar-refractivity contribution < 1.29 is 9.53 Å². The Labute approximate surface area is 113 Å². The van der Waals surface area contributed by atoms with Crippen LogP contribution in [0.2, 0.25) is 0 Å². The van der Waals surface area contributed by atoms with Crippen molar-refractivity contribution in [3.63, 3.8) is 0 Å². The van der Waals surface area contributed by atoms with Crippen LogP contribution in [0.4, 0.5) is 4.79 Å². The van der Waals surface area contributed by atoms with Gasteiger partial charge >= 0.3 is 6.09 Å². The van der Waals surface area contributed by atoms with Crippen LogP contribution in [0.25, 0.3) is 0 Å². The third-order valence-electron chi connectivity index (χ3n) is 3.57. The van der Waals surface area contributed by atoms with Gasteiger partial charge in [0.1, 0.15) is 5.60 Å². The van der Waals surface area contributed by atoms with E-state index in [0.717, 1.165) is 18.5 Å². The molecule has 0 fully saturated rings. The van der Waals surface area contributed by atoms with Crippen molar-refractivity contribution in [3.05, 3.63) is 28.6 Å². The van der Waals surface area contributed by atoms with Gasteiger partial charge in [0.2, 0.25) is 0 Å². The second-order valence-electron chi connectivity index (χ2n) is 6.39. The smallest absolute Gasteiger partial charge is 0.410 e. The molecule has 0 N–H and O–H groups in total. The lowest BCUT2D eigenvalue weighted by Gasteiger charge is -2.23. The van der Waals surface area contributed by atoms with Crippen LogP contribution in [-0.4, -0.2) is 21.6 Å². The molecule has 1 amide bonds. The van der Waals surface area contributed by atoms with Crippen LogP contribution in [0.1, 0.15) is 49.7 Å². The summed E-state index contributed by atoms with van der Waals surface area (Å²) in [6.45, 7) is 6.88. The minimum Gasteiger partial charge on any atom is -0.444 e. The van der Waals surface area contributed by atoms with E-state index < -0.39 is 5.60 Å². The van der Waals surface area contributed by atoms with Crippen molar-refractivity contribution in [2.75, 3.05) is 0 Å². The summed E-state index contributed by atoms with van der Waals surface area (Å²) in [6, 6.07) is 2.23. The Hall–Kier alpha value is -1.58. The molecule has 1 aromatic heterocycles. The van der Waals surface area contributed by atoms with Crippen LogP contribution in [0.5, 0.6) is 0 Å². The van der Waals surface area contributed by atoms with E-state index in [1.807, 2.05) is 20.8 Å². The van der Waals surface area contributed by atoms with Crippen molar-refractivity contribution in [1.82, 2.24) is 9.88 Å². The highest BCUT2D eigenvalue weighted by atomic mass is 16.6. The number of carbonyl (C=O) groups excluding carboxylic acids is 1. The van der Waals surface area contributed by atoms with E-state index in [1.54, 1.807) is 4.90 Å². The number of carbonyl (C=O) groups is 1. The first-order chi connectivity index (χ1) is 8.92. The summed E-state index contributed by atoms with van der Waals surface area (Å²) in [7, 11) is 0. The van der Waals surface area contributed by atoms with E-state index in [2.05, 4.69) is 6.07 Å². The molecule has 1 aliphatic carbocycles. The van der Waals surface area contributed by atoms with Crippen molar-refractivity contribution in [3.8, 4) is 0 Å². The standard InChI is InChI=1S/C15H20N2O2/c1-15(2,3)19-14(18)17-8-11-7-10-5-4-6-12(10)16-13(11)9-17/h7H,4-6,8-9H2,1-3H3. The highest BCUT2D eigenvalue weighted by Crippen LogP contribution is 2.29. The summed E-state index contributed by atoms with van der Waals surface area (Å²) < 4.78 is 5.41. The fourth-order valence-corrected chi connectivity index (χ4v) is 2.73. The molecular formula is C15H20N2O2. The van der Waals surface area contributed by atoms with Gasteiger partial charge in [-0.25, -0.2) is 4.79 Å². The molecule has 4 heteroatoms. The topological polar surface area (TPSA) is 42.4 Å². The van der Waals surface area contributed by atoms with Crippen LogP contribution in [-0.2, 0) is 30.7 Å². The summed E-state index contributed by atoms with van der Waals surface area (Å²) >= 11 is 0. The average Bonchev–Trinajstić information content (AvgIpc) is 2.87. The number of pyridine rings is 1. The minimum atomic E-state index is -0.443. The largest absolute Gasteiger partial charge is 0.444 e. The first-order valence-electron chi connectivity index (χ1n) is 6.91. The molecule has 3 rings (SSSR count). The van der Waals surface area contributed by atoms with E-state index in [4.69, 9.17) is 9.72 Å². The molecule has 0 saturated carbocycles. The van der Waals surface area contributed by atoms with Crippen molar-refractivity contribution in [1.29, 1.82) is 0 Å². The fourth-order valence-electron chi connectivity index (χ4n) is 2.73. The predicted octanol–water partition coefficient (Wildman–Crippen LogP) is 2.82. The number of ether oxygens (including phenoxy) is 1. The van der Waals surface area contributed by atoms with E-state index >= 15 is 0 Å². The first-order valence-corrected chi connectivity index (χ1v) is 6.91. The number of hydrogen-bond acceptors (Lipinski definition) is 3. The van der Waals surface area contributed by atoms with E-state index in [0.29, 0.717) is 13.1 Å². The Morgan fingerprint density at radius 1 is 1.21 bits per heavy atom. The van der Waals surface area contributed by atoms with Gasteiger partial charge < -0.3 is 4.74 Å². The van der Waals surface area contributed by atoms with Gasteiger partial charge in [-0.1, -0.05) is 6.07 Å². The second-order valence-corrected chi connectivity index (χ2v) is 6.39. The molecule has 0 unspecified atom stereocenters. The van der Waals surface area contributed by atoms with Gasteiger partial charge in [0.05, 0.1) is 18.8 Å². The second kappa shape index (κ2) is 4.22. The number of nitrogens with zero attached hydrogens (tertiary/aromatic N) is 2. The van der Waals surface area contributed by atoms with Gasteiger partial charge in [-0.2, -0.15) is 0 Å². The van der Waals surface area contributed by atoms with Crippen LogP contribution in [0.15, 0.2) is 6.07 Å². The Kier molecular flexibility index (Phi) is 2.77. The van der Waals surface area contributed by atoms with Gasteiger partial charge in [-0.15, -0.1) is 0 Å². The van der Waals surface area contributed by atoms with E-state index in [9.17, 15) is 4.79 Å². The van der Waals surface area contributed by atoms with Crippen molar-refractivity contribution in [2.24, 2.45) is 0 Å². The number of hydrogen-bond donors (Lipinski definition) is 0. The molecule has 0 radical (unpaired) electrons. The molecule has 0 atom stereocenters. The Bertz CT molecular complexity index is 499. The predicted molar refractivity (Wildman–Crippen MR) is 71.7 cm³/mol. The highest BCUT2D eigenvalue weighted by Gasteiger charge is 2.30. The normalized spacial score (nSPS) is 17.3. The number of rotatable bonds is 0. The quantitative estimate of drug-likeness (QED) is 0.720. The van der Waals surface area contributed by atoms with Gasteiger partial charge in [-0.05, 0) is 51.2 Å². The van der Waals surface area contributed by atoms with Crippen LogP contribution in [0.3, 0.4) is 0 Å². The molecule has 4 nitrogen and oxygen atoms in total. The molecule has 2 aliphatic rings. The summed E-state index contributed by atoms with van der Waals surface area (Å²) in [6.07, 6.45) is 3.17. The van der Waals surface area contributed by atoms with Crippen molar-refractivity contribution in [2.45, 2.75) is 58.7 Å². The third kappa shape index (κ3) is 2.44. The maximum Gasteiger partial charge on any atom is 0.410 e. The van der Waals surface area contributed by atoms with E-state index in [-0.39, 0.29) is 6.09 Å². The number of aromatic nitrogens is 1. The number of aryl methyl sites for hydroxylation is 2. The minimum absolute atomic E-state index is 0.245. The lowest BCUT2D eigenvalue weighted by molar-refractivity contribution is 0.0240. The van der Waals surface area contributed by atoms with Crippen LogP contribution in [0, 0.1) is 0 Å². The fraction of sp³-hybridized carbons (Fsp3) is 0.600. The van der Waals surface area contributed by atoms with Crippen molar-refractivity contribution >= 4 is 6.09 Å². The van der Waals surface area contributed by atoms with Gasteiger partial charge in [0.25, 0.3) is 0 Å². The zero-order chi connectivity index (χ0) is 13.6. The molecule has 0 aromatic carbocycles. The molecule has 1 aliphatic heterocycles. The summed E-state index contributed by atoms with van der Waals surface area (Å²) in [5.74, 6) is 0. The van der Waals surface area contributed by atoms with Gasteiger partial charge in [0, 0.05) is 5.69 Å². The summed E-state index contributed by atoms with van der Waals surface area (Å²) in [5.41, 5.74) is 4.38. The average molecular weight is 260 g/mol. The summed E-state index contributed by atoms with van der Waals surface area (Å²) in [5, 5.41) is 0.